The third-order valence-corrected chi connectivity index (χ3v) is 3.37. The van der Waals surface area contributed by atoms with Gasteiger partial charge in [0, 0.05) is 28.3 Å². The van der Waals surface area contributed by atoms with Crippen LogP contribution >= 0.6 is 23.4 Å². The first-order valence-corrected chi connectivity index (χ1v) is 6.72. The number of thioether (sulfide) groups is 1. The van der Waals surface area contributed by atoms with Crippen LogP contribution < -0.4 is 5.32 Å². The minimum Gasteiger partial charge on any atom is -0.311 e. The third-order valence-electron chi connectivity index (χ3n) is 2.00. The standard InChI is InChI=1S/C13H18ClNS/c1-10(2)15-8-11(3)9-16-13-6-4-5-12(14)7-13/h4-7,10,15H,3,8-9H2,1-2H3. The minimum absolute atomic E-state index is 0.507. The van der Waals surface area contributed by atoms with Crippen LogP contribution in [0.5, 0.6) is 0 Å². The first-order valence-electron chi connectivity index (χ1n) is 5.36. The normalized spacial score (nSPS) is 10.8. The van der Waals surface area contributed by atoms with E-state index < -0.39 is 0 Å². The molecule has 16 heavy (non-hydrogen) atoms. The van der Waals surface area contributed by atoms with Gasteiger partial charge >= 0.3 is 0 Å². The highest BCUT2D eigenvalue weighted by Gasteiger charge is 1.99. The van der Waals surface area contributed by atoms with E-state index in [1.54, 1.807) is 11.8 Å². The van der Waals surface area contributed by atoms with Crippen LogP contribution in [0, 0.1) is 0 Å². The molecule has 0 fully saturated rings. The highest BCUT2D eigenvalue weighted by molar-refractivity contribution is 7.99. The van der Waals surface area contributed by atoms with Crippen molar-refractivity contribution >= 4 is 23.4 Å². The summed E-state index contributed by atoms with van der Waals surface area (Å²) in [6.45, 7) is 9.20. The van der Waals surface area contributed by atoms with Gasteiger partial charge in [0.2, 0.25) is 0 Å². The molecule has 0 aromatic heterocycles. The van der Waals surface area contributed by atoms with E-state index in [-0.39, 0.29) is 0 Å². The molecular formula is C13H18ClNS. The van der Waals surface area contributed by atoms with E-state index in [1.807, 2.05) is 18.2 Å². The van der Waals surface area contributed by atoms with Crippen LogP contribution in [0.2, 0.25) is 5.02 Å². The smallest absolute Gasteiger partial charge is 0.0417 e. The Hall–Kier alpha value is -0.440. The Morgan fingerprint density at radius 1 is 1.50 bits per heavy atom. The molecule has 0 aliphatic carbocycles. The maximum Gasteiger partial charge on any atom is 0.0417 e. The number of rotatable bonds is 6. The second-order valence-electron chi connectivity index (χ2n) is 4.03. The highest BCUT2D eigenvalue weighted by Crippen LogP contribution is 2.22. The average Bonchev–Trinajstić information content (AvgIpc) is 2.23. The molecule has 0 bridgehead atoms. The Balaban J connectivity index is 2.31. The molecule has 1 rings (SSSR count). The van der Waals surface area contributed by atoms with E-state index in [9.17, 15) is 0 Å². The Morgan fingerprint density at radius 2 is 2.25 bits per heavy atom. The summed E-state index contributed by atoms with van der Waals surface area (Å²) in [5, 5.41) is 4.14. The zero-order valence-electron chi connectivity index (χ0n) is 9.79. The van der Waals surface area contributed by atoms with Gasteiger partial charge in [-0.3, -0.25) is 0 Å². The van der Waals surface area contributed by atoms with Crippen molar-refractivity contribution in [2.45, 2.75) is 24.8 Å². The molecule has 0 aliphatic rings. The van der Waals surface area contributed by atoms with Crippen molar-refractivity contribution in [2.75, 3.05) is 12.3 Å². The summed E-state index contributed by atoms with van der Waals surface area (Å²) >= 11 is 7.69. The third kappa shape index (κ3) is 5.59. The average molecular weight is 256 g/mol. The van der Waals surface area contributed by atoms with Gasteiger partial charge in [0.25, 0.3) is 0 Å². The molecule has 0 saturated carbocycles. The number of hydrogen-bond acceptors (Lipinski definition) is 2. The topological polar surface area (TPSA) is 12.0 Å². The first kappa shape index (κ1) is 13.6. The lowest BCUT2D eigenvalue weighted by Crippen LogP contribution is -2.25. The number of benzene rings is 1. The molecule has 1 aromatic rings. The van der Waals surface area contributed by atoms with E-state index in [0.717, 1.165) is 17.3 Å². The van der Waals surface area contributed by atoms with Crippen LogP contribution in [0.4, 0.5) is 0 Å². The minimum atomic E-state index is 0.507. The Bertz CT molecular complexity index is 350. The lowest BCUT2D eigenvalue weighted by atomic mass is 10.3. The van der Waals surface area contributed by atoms with Crippen LogP contribution in [0.15, 0.2) is 41.3 Å². The summed E-state index contributed by atoms with van der Waals surface area (Å²) in [5.41, 5.74) is 1.21. The van der Waals surface area contributed by atoms with E-state index in [1.165, 1.54) is 10.5 Å². The van der Waals surface area contributed by atoms with Crippen molar-refractivity contribution < 1.29 is 0 Å². The van der Waals surface area contributed by atoms with E-state index in [0.29, 0.717) is 6.04 Å². The molecule has 0 spiro atoms. The van der Waals surface area contributed by atoms with Gasteiger partial charge in [-0.25, -0.2) is 0 Å². The van der Waals surface area contributed by atoms with Crippen molar-refractivity contribution in [3.05, 3.63) is 41.4 Å². The second-order valence-corrected chi connectivity index (χ2v) is 5.52. The molecule has 88 valence electrons. The van der Waals surface area contributed by atoms with Crippen LogP contribution in [0.25, 0.3) is 0 Å². The number of hydrogen-bond donors (Lipinski definition) is 1. The fraction of sp³-hybridized carbons (Fsp3) is 0.385. The van der Waals surface area contributed by atoms with Gasteiger partial charge in [-0.15, -0.1) is 11.8 Å². The predicted molar refractivity (Wildman–Crippen MR) is 74.5 cm³/mol. The SMILES string of the molecule is C=C(CNC(C)C)CSc1cccc(Cl)c1. The molecule has 0 unspecified atom stereocenters. The van der Waals surface area contributed by atoms with Crippen molar-refractivity contribution in [1.29, 1.82) is 0 Å². The summed E-state index contributed by atoms with van der Waals surface area (Å²) in [7, 11) is 0. The van der Waals surface area contributed by atoms with E-state index >= 15 is 0 Å². The van der Waals surface area contributed by atoms with Crippen molar-refractivity contribution in [2.24, 2.45) is 0 Å². The number of nitrogens with one attached hydrogen (secondary N) is 1. The number of halogens is 1. The maximum absolute atomic E-state index is 5.91. The van der Waals surface area contributed by atoms with Gasteiger partial charge in [0.15, 0.2) is 0 Å². The summed E-state index contributed by atoms with van der Waals surface area (Å²) in [4.78, 5) is 1.19. The fourth-order valence-electron chi connectivity index (χ4n) is 1.14. The van der Waals surface area contributed by atoms with Crippen molar-refractivity contribution in [3.63, 3.8) is 0 Å². The molecule has 0 amide bonds. The van der Waals surface area contributed by atoms with Gasteiger partial charge in [0.05, 0.1) is 0 Å². The molecule has 0 heterocycles. The summed E-state index contributed by atoms with van der Waals surface area (Å²) < 4.78 is 0. The molecule has 1 aromatic carbocycles. The van der Waals surface area contributed by atoms with Crippen molar-refractivity contribution in [1.82, 2.24) is 5.32 Å². The quantitative estimate of drug-likeness (QED) is 0.610. The first-order chi connectivity index (χ1) is 7.58. The fourth-order valence-corrected chi connectivity index (χ4v) is 2.25. The molecule has 3 heteroatoms. The largest absolute Gasteiger partial charge is 0.311 e. The summed E-state index contributed by atoms with van der Waals surface area (Å²) in [5.74, 6) is 0.931. The van der Waals surface area contributed by atoms with Gasteiger partial charge in [-0.2, -0.15) is 0 Å². The van der Waals surface area contributed by atoms with Crippen LogP contribution in [-0.2, 0) is 0 Å². The monoisotopic (exact) mass is 255 g/mol. The van der Waals surface area contributed by atoms with Gasteiger partial charge in [-0.1, -0.05) is 43.7 Å². The van der Waals surface area contributed by atoms with Crippen LogP contribution in [0.1, 0.15) is 13.8 Å². The molecule has 1 nitrogen and oxygen atoms in total. The second kappa shape index (κ2) is 7.00. The highest BCUT2D eigenvalue weighted by atomic mass is 35.5. The predicted octanol–water partition coefficient (Wildman–Crippen LogP) is 3.99. The molecular weight excluding hydrogens is 238 g/mol. The molecule has 1 N–H and O–H groups in total. The zero-order valence-corrected chi connectivity index (χ0v) is 11.4. The lowest BCUT2D eigenvalue weighted by molar-refractivity contribution is 0.623. The summed E-state index contributed by atoms with van der Waals surface area (Å²) in [6, 6.07) is 8.42. The van der Waals surface area contributed by atoms with Crippen LogP contribution in [-0.4, -0.2) is 18.3 Å². The van der Waals surface area contributed by atoms with Gasteiger partial charge in [-0.05, 0) is 18.2 Å². The molecule has 0 radical (unpaired) electrons. The molecule has 0 atom stereocenters. The van der Waals surface area contributed by atoms with Crippen molar-refractivity contribution in [3.8, 4) is 0 Å². The Kier molecular flexibility index (Phi) is 5.96. The van der Waals surface area contributed by atoms with E-state index in [4.69, 9.17) is 11.6 Å². The van der Waals surface area contributed by atoms with Gasteiger partial charge < -0.3 is 5.32 Å². The van der Waals surface area contributed by atoms with E-state index in [2.05, 4.69) is 31.8 Å². The maximum atomic E-state index is 5.91. The lowest BCUT2D eigenvalue weighted by Gasteiger charge is -2.10. The molecule has 0 aliphatic heterocycles. The molecule has 0 saturated heterocycles. The Morgan fingerprint density at radius 3 is 2.88 bits per heavy atom. The Labute approximate surface area is 107 Å². The van der Waals surface area contributed by atoms with Gasteiger partial charge in [0.1, 0.15) is 0 Å². The zero-order chi connectivity index (χ0) is 12.0. The summed E-state index contributed by atoms with van der Waals surface area (Å²) in [6.07, 6.45) is 0. The van der Waals surface area contributed by atoms with Crippen LogP contribution in [0.3, 0.4) is 0 Å².